The fourth-order valence-corrected chi connectivity index (χ4v) is 4.18. The molecule has 0 aliphatic heterocycles. The van der Waals surface area contributed by atoms with Crippen LogP contribution in [0.4, 0.5) is 20.3 Å². The van der Waals surface area contributed by atoms with E-state index in [9.17, 15) is 10.1 Å². The van der Waals surface area contributed by atoms with E-state index in [1.54, 1.807) is 14.2 Å². The SMILES string of the molecule is COC(C)N(c1nc(-c2ccccc2)c(/N=N\c2ncc([N+](=O)[O-])s2)s1)C(C)OC. The van der Waals surface area contributed by atoms with Crippen molar-refractivity contribution >= 4 is 42.9 Å². The minimum absolute atomic E-state index is 0.0914. The van der Waals surface area contributed by atoms with Crippen LogP contribution in [0.5, 0.6) is 0 Å². The lowest BCUT2D eigenvalue weighted by Gasteiger charge is -2.32. The molecule has 0 aliphatic rings. The number of ether oxygens (including phenoxy) is 2. The normalized spacial score (nSPS) is 13.5. The van der Waals surface area contributed by atoms with Crippen LogP contribution in [0.1, 0.15) is 13.8 Å². The third-order valence-electron chi connectivity index (χ3n) is 4.22. The first-order chi connectivity index (χ1) is 14.4. The van der Waals surface area contributed by atoms with Gasteiger partial charge in [-0.15, -0.1) is 10.2 Å². The van der Waals surface area contributed by atoms with Crippen LogP contribution in [-0.2, 0) is 9.47 Å². The molecule has 2 heterocycles. The molecule has 2 atom stereocenters. The Balaban J connectivity index is 2.03. The number of hydrogen-bond donors (Lipinski definition) is 0. The first-order valence-corrected chi connectivity index (χ1v) is 10.5. The highest BCUT2D eigenvalue weighted by molar-refractivity contribution is 7.20. The Morgan fingerprint density at radius 2 is 1.77 bits per heavy atom. The Bertz CT molecular complexity index is 1010. The van der Waals surface area contributed by atoms with Crippen LogP contribution in [0, 0.1) is 10.1 Å². The number of methoxy groups -OCH3 is 2. The summed E-state index contributed by atoms with van der Waals surface area (Å²) in [5, 5.41) is 20.5. The van der Waals surface area contributed by atoms with Gasteiger partial charge in [0.05, 0.1) is 4.92 Å². The van der Waals surface area contributed by atoms with Crippen LogP contribution >= 0.6 is 22.7 Å². The van der Waals surface area contributed by atoms with Gasteiger partial charge in [0.2, 0.25) is 5.13 Å². The van der Waals surface area contributed by atoms with E-state index in [1.807, 2.05) is 49.1 Å². The van der Waals surface area contributed by atoms with E-state index in [-0.39, 0.29) is 22.6 Å². The number of anilines is 1. The van der Waals surface area contributed by atoms with Crippen LogP contribution in [-0.4, -0.2) is 41.6 Å². The van der Waals surface area contributed by atoms with Crippen molar-refractivity contribution in [2.75, 3.05) is 19.1 Å². The predicted molar refractivity (Wildman–Crippen MR) is 116 cm³/mol. The number of nitrogens with zero attached hydrogens (tertiary/aromatic N) is 6. The van der Waals surface area contributed by atoms with Gasteiger partial charge in [-0.2, -0.15) is 0 Å². The molecular weight excluding hydrogens is 428 g/mol. The van der Waals surface area contributed by atoms with Crippen molar-refractivity contribution in [3.63, 3.8) is 0 Å². The van der Waals surface area contributed by atoms with Crippen molar-refractivity contribution in [1.82, 2.24) is 9.97 Å². The van der Waals surface area contributed by atoms with Gasteiger partial charge in [0.15, 0.2) is 10.1 Å². The maximum Gasteiger partial charge on any atom is 0.345 e. The summed E-state index contributed by atoms with van der Waals surface area (Å²) in [6, 6.07) is 9.59. The molecule has 10 nitrogen and oxygen atoms in total. The average Bonchev–Trinajstić information content (AvgIpc) is 3.40. The molecule has 0 saturated heterocycles. The zero-order valence-electron chi connectivity index (χ0n) is 16.8. The van der Waals surface area contributed by atoms with E-state index < -0.39 is 4.92 Å². The number of azo groups is 1. The Morgan fingerprint density at radius 3 is 2.33 bits per heavy atom. The fraction of sp³-hybridized carbons (Fsp3) is 0.333. The topological polar surface area (TPSA) is 115 Å². The van der Waals surface area contributed by atoms with Crippen LogP contribution in [0.2, 0.25) is 0 Å². The Morgan fingerprint density at radius 1 is 1.10 bits per heavy atom. The van der Waals surface area contributed by atoms with Crippen molar-refractivity contribution in [2.45, 2.75) is 26.3 Å². The van der Waals surface area contributed by atoms with Crippen molar-refractivity contribution in [3.8, 4) is 11.3 Å². The summed E-state index contributed by atoms with van der Waals surface area (Å²) < 4.78 is 11.0. The van der Waals surface area contributed by atoms with Gasteiger partial charge < -0.3 is 9.47 Å². The van der Waals surface area contributed by atoms with Gasteiger partial charge in [-0.05, 0) is 25.2 Å². The molecule has 2 aromatic heterocycles. The first-order valence-electron chi connectivity index (χ1n) is 8.86. The van der Waals surface area contributed by atoms with Gasteiger partial charge in [0, 0.05) is 19.8 Å². The van der Waals surface area contributed by atoms with Crippen molar-refractivity contribution in [3.05, 3.63) is 46.6 Å². The molecule has 3 aromatic rings. The summed E-state index contributed by atoms with van der Waals surface area (Å²) >= 11 is 2.17. The van der Waals surface area contributed by atoms with Crippen molar-refractivity contribution < 1.29 is 14.4 Å². The highest BCUT2D eigenvalue weighted by atomic mass is 32.1. The zero-order chi connectivity index (χ0) is 21.7. The second-order valence-electron chi connectivity index (χ2n) is 6.03. The summed E-state index contributed by atoms with van der Waals surface area (Å²) in [6.45, 7) is 3.80. The van der Waals surface area contributed by atoms with Crippen molar-refractivity contribution in [2.24, 2.45) is 10.2 Å². The molecule has 0 bridgehead atoms. The molecule has 0 fully saturated rings. The van der Waals surface area contributed by atoms with E-state index in [0.29, 0.717) is 15.8 Å². The molecule has 0 saturated carbocycles. The van der Waals surface area contributed by atoms with Gasteiger partial charge in [-0.25, -0.2) is 9.97 Å². The van der Waals surface area contributed by atoms with Crippen LogP contribution in [0.25, 0.3) is 11.3 Å². The largest absolute Gasteiger partial charge is 0.362 e. The lowest BCUT2D eigenvalue weighted by molar-refractivity contribution is -0.380. The minimum atomic E-state index is -0.507. The summed E-state index contributed by atoms with van der Waals surface area (Å²) in [4.78, 5) is 20.9. The second kappa shape index (κ2) is 9.80. The molecule has 0 aliphatic carbocycles. The first kappa shape index (κ1) is 21.9. The van der Waals surface area contributed by atoms with Crippen LogP contribution < -0.4 is 4.90 Å². The summed E-state index contributed by atoms with van der Waals surface area (Å²) in [7, 11) is 3.23. The molecule has 12 heteroatoms. The predicted octanol–water partition coefficient (Wildman–Crippen LogP) is 5.38. The molecule has 0 radical (unpaired) electrons. The Hall–Kier alpha value is -2.80. The molecule has 30 heavy (non-hydrogen) atoms. The highest BCUT2D eigenvalue weighted by Crippen LogP contribution is 2.42. The summed E-state index contributed by atoms with van der Waals surface area (Å²) in [5.41, 5.74) is 1.51. The molecule has 1 aromatic carbocycles. The number of nitro groups is 1. The van der Waals surface area contributed by atoms with E-state index >= 15 is 0 Å². The number of rotatable bonds is 9. The lowest BCUT2D eigenvalue weighted by atomic mass is 10.2. The quantitative estimate of drug-likeness (QED) is 0.187. The number of thiazole rings is 2. The maximum atomic E-state index is 10.9. The van der Waals surface area contributed by atoms with E-state index in [4.69, 9.17) is 14.5 Å². The molecule has 158 valence electrons. The van der Waals surface area contributed by atoms with E-state index in [2.05, 4.69) is 15.2 Å². The van der Waals surface area contributed by atoms with Gasteiger partial charge in [0.25, 0.3) is 0 Å². The van der Waals surface area contributed by atoms with Crippen LogP contribution in [0.15, 0.2) is 46.8 Å². The smallest absolute Gasteiger partial charge is 0.345 e. The van der Waals surface area contributed by atoms with Crippen molar-refractivity contribution in [1.29, 1.82) is 0 Å². The summed E-state index contributed by atoms with van der Waals surface area (Å²) in [6.07, 6.45) is 0.583. The number of benzene rings is 1. The standard InChI is InChI=1S/C18H20N6O4S2/c1-11(27-3)23(12(2)28-4)18-20-15(13-8-6-5-7-9-13)16(30-18)21-22-17-19-10-14(29-17)24(25)26/h5-12H,1-4H3/b22-21-. The fourth-order valence-electron chi connectivity index (χ4n) is 2.57. The summed E-state index contributed by atoms with van der Waals surface area (Å²) in [5.74, 6) is 0. The second-order valence-corrected chi connectivity index (χ2v) is 7.98. The zero-order valence-corrected chi connectivity index (χ0v) is 18.4. The minimum Gasteiger partial charge on any atom is -0.362 e. The third kappa shape index (κ3) is 4.84. The molecule has 0 amide bonds. The maximum absolute atomic E-state index is 10.9. The third-order valence-corrected chi connectivity index (χ3v) is 6.01. The number of hydrogen-bond acceptors (Lipinski definition) is 11. The monoisotopic (exact) mass is 448 g/mol. The molecule has 2 unspecified atom stereocenters. The molecule has 0 spiro atoms. The molecule has 3 rings (SSSR count). The Kier molecular flexibility index (Phi) is 7.15. The van der Waals surface area contributed by atoms with Gasteiger partial charge in [0.1, 0.15) is 24.3 Å². The van der Waals surface area contributed by atoms with Gasteiger partial charge >= 0.3 is 5.00 Å². The average molecular weight is 449 g/mol. The molecular formula is C18H20N6O4S2. The van der Waals surface area contributed by atoms with Gasteiger partial charge in [-0.1, -0.05) is 41.7 Å². The molecule has 0 N–H and O–H groups in total. The van der Waals surface area contributed by atoms with Crippen LogP contribution in [0.3, 0.4) is 0 Å². The highest BCUT2D eigenvalue weighted by Gasteiger charge is 2.26. The van der Waals surface area contributed by atoms with Gasteiger partial charge in [-0.3, -0.25) is 15.0 Å². The Labute approximate surface area is 181 Å². The van der Waals surface area contributed by atoms with E-state index in [0.717, 1.165) is 23.1 Å². The lowest BCUT2D eigenvalue weighted by Crippen LogP contribution is -2.42. The number of aromatic nitrogens is 2. The van der Waals surface area contributed by atoms with E-state index in [1.165, 1.54) is 11.3 Å².